The lowest BCUT2D eigenvalue weighted by molar-refractivity contribution is -0.119. The van der Waals surface area contributed by atoms with Crippen molar-refractivity contribution >= 4 is 29.1 Å². The second kappa shape index (κ2) is 11.0. The van der Waals surface area contributed by atoms with Crippen LogP contribution in [0.3, 0.4) is 0 Å². The molecule has 0 aliphatic rings. The lowest BCUT2D eigenvalue weighted by atomic mass is 10.0. The van der Waals surface area contributed by atoms with Crippen molar-refractivity contribution in [3.8, 4) is 17.2 Å². The quantitative estimate of drug-likeness (QED) is 0.549. The van der Waals surface area contributed by atoms with Gasteiger partial charge in [-0.05, 0) is 42.3 Å². The van der Waals surface area contributed by atoms with Crippen molar-refractivity contribution in [2.24, 2.45) is 5.92 Å². The molecule has 0 aliphatic heterocycles. The molecule has 9 heteroatoms. The molecule has 3 amide bonds. The van der Waals surface area contributed by atoms with E-state index >= 15 is 0 Å². The minimum Gasteiger partial charge on any atom is -0.493 e. The molecule has 2 rings (SSSR count). The predicted octanol–water partition coefficient (Wildman–Crippen LogP) is 3.06. The summed E-state index contributed by atoms with van der Waals surface area (Å²) in [6.45, 7) is 5.08. The Bertz CT molecular complexity index is 947. The molecule has 1 atom stereocenters. The summed E-state index contributed by atoms with van der Waals surface area (Å²) in [6, 6.07) is 8.94. The molecule has 0 spiro atoms. The highest BCUT2D eigenvalue weighted by molar-refractivity contribution is 6.02. The van der Waals surface area contributed by atoms with Crippen molar-refractivity contribution in [3.05, 3.63) is 42.0 Å². The van der Waals surface area contributed by atoms with Gasteiger partial charge in [0.05, 0.1) is 21.3 Å². The van der Waals surface area contributed by atoms with Gasteiger partial charge in [0.2, 0.25) is 17.6 Å². The molecule has 0 saturated heterocycles. The first-order chi connectivity index (χ1) is 15.2. The van der Waals surface area contributed by atoms with Gasteiger partial charge in [-0.3, -0.25) is 14.4 Å². The van der Waals surface area contributed by atoms with E-state index in [1.807, 2.05) is 13.8 Å². The van der Waals surface area contributed by atoms with Gasteiger partial charge in [-0.15, -0.1) is 0 Å². The molecular formula is C23H29N3O6. The first kappa shape index (κ1) is 24.5. The van der Waals surface area contributed by atoms with Crippen LogP contribution in [0.25, 0.3) is 0 Å². The topological polar surface area (TPSA) is 115 Å². The van der Waals surface area contributed by atoms with Gasteiger partial charge in [0.15, 0.2) is 11.5 Å². The Morgan fingerprint density at radius 2 is 1.31 bits per heavy atom. The van der Waals surface area contributed by atoms with Crippen molar-refractivity contribution in [2.75, 3.05) is 32.0 Å². The zero-order valence-corrected chi connectivity index (χ0v) is 19.1. The van der Waals surface area contributed by atoms with E-state index in [9.17, 15) is 14.4 Å². The highest BCUT2D eigenvalue weighted by atomic mass is 16.5. The van der Waals surface area contributed by atoms with E-state index in [1.165, 1.54) is 40.4 Å². The van der Waals surface area contributed by atoms with Crippen molar-refractivity contribution in [1.82, 2.24) is 5.32 Å². The van der Waals surface area contributed by atoms with Crippen molar-refractivity contribution in [1.29, 1.82) is 0 Å². The molecule has 9 nitrogen and oxygen atoms in total. The number of rotatable bonds is 9. The van der Waals surface area contributed by atoms with Crippen LogP contribution in [0.2, 0.25) is 0 Å². The third-order valence-electron chi connectivity index (χ3n) is 4.64. The van der Waals surface area contributed by atoms with Gasteiger partial charge in [0.1, 0.15) is 6.04 Å². The van der Waals surface area contributed by atoms with Gasteiger partial charge < -0.3 is 30.2 Å². The Morgan fingerprint density at radius 1 is 0.812 bits per heavy atom. The Morgan fingerprint density at radius 3 is 1.72 bits per heavy atom. The van der Waals surface area contributed by atoms with E-state index < -0.39 is 11.9 Å². The number of hydrogen-bond donors (Lipinski definition) is 3. The second-order valence-corrected chi connectivity index (χ2v) is 7.36. The Hall–Kier alpha value is -3.75. The normalized spacial score (nSPS) is 11.3. The zero-order chi connectivity index (χ0) is 23.8. The smallest absolute Gasteiger partial charge is 0.252 e. The Labute approximate surface area is 187 Å². The average molecular weight is 444 g/mol. The van der Waals surface area contributed by atoms with E-state index in [2.05, 4.69) is 16.0 Å². The Balaban J connectivity index is 2.18. The standard InChI is InChI=1S/C23H29N3O6/c1-13(2)20(23(29)25-17-9-7-16(8-10-17)24-14(3)27)26-22(28)15-11-18(30-4)21(32-6)19(12-15)31-5/h7-13,20H,1-6H3,(H,24,27)(H,25,29)(H,26,28)/t20-/m0/s1. The molecule has 0 unspecified atom stereocenters. The number of methoxy groups -OCH3 is 3. The third kappa shape index (κ3) is 6.13. The van der Waals surface area contributed by atoms with E-state index in [1.54, 1.807) is 24.3 Å². The van der Waals surface area contributed by atoms with Gasteiger partial charge in [-0.25, -0.2) is 0 Å². The van der Waals surface area contributed by atoms with Crippen molar-refractivity contribution in [3.63, 3.8) is 0 Å². The fourth-order valence-electron chi connectivity index (χ4n) is 3.03. The van der Waals surface area contributed by atoms with Crippen LogP contribution < -0.4 is 30.2 Å². The molecule has 2 aromatic rings. The first-order valence-corrected chi connectivity index (χ1v) is 9.99. The molecule has 2 aromatic carbocycles. The van der Waals surface area contributed by atoms with Crippen LogP contribution in [0.1, 0.15) is 31.1 Å². The van der Waals surface area contributed by atoms with Crippen LogP contribution in [-0.4, -0.2) is 45.1 Å². The fourth-order valence-corrected chi connectivity index (χ4v) is 3.03. The maximum atomic E-state index is 12.9. The number of ether oxygens (including phenoxy) is 3. The van der Waals surface area contributed by atoms with Gasteiger partial charge >= 0.3 is 0 Å². The third-order valence-corrected chi connectivity index (χ3v) is 4.64. The Kier molecular flexibility index (Phi) is 8.46. The van der Waals surface area contributed by atoms with Gasteiger partial charge in [-0.2, -0.15) is 0 Å². The number of carbonyl (C=O) groups is 3. The van der Waals surface area contributed by atoms with E-state index in [0.717, 1.165) is 0 Å². The van der Waals surface area contributed by atoms with Gasteiger partial charge in [0.25, 0.3) is 5.91 Å². The SMILES string of the molecule is COc1cc(C(=O)N[C@H](C(=O)Nc2ccc(NC(C)=O)cc2)C(C)C)cc(OC)c1OC. The number of anilines is 2. The summed E-state index contributed by atoms with van der Waals surface area (Å²) in [6.07, 6.45) is 0. The molecule has 0 fully saturated rings. The molecule has 0 radical (unpaired) electrons. The second-order valence-electron chi connectivity index (χ2n) is 7.36. The summed E-state index contributed by atoms with van der Waals surface area (Å²) >= 11 is 0. The number of hydrogen-bond acceptors (Lipinski definition) is 6. The summed E-state index contributed by atoms with van der Waals surface area (Å²) in [5.41, 5.74) is 1.42. The summed E-state index contributed by atoms with van der Waals surface area (Å²) in [5, 5.41) is 8.22. The minimum atomic E-state index is -0.795. The van der Waals surface area contributed by atoms with Crippen molar-refractivity contribution in [2.45, 2.75) is 26.8 Å². The number of carbonyl (C=O) groups excluding carboxylic acids is 3. The summed E-state index contributed by atoms with van der Waals surface area (Å²) in [5.74, 6) is -0.154. The number of nitrogens with one attached hydrogen (secondary N) is 3. The van der Waals surface area contributed by atoms with Crippen molar-refractivity contribution < 1.29 is 28.6 Å². The maximum absolute atomic E-state index is 12.9. The number of amides is 3. The molecule has 0 aliphatic carbocycles. The summed E-state index contributed by atoms with van der Waals surface area (Å²) < 4.78 is 15.9. The van der Waals surface area contributed by atoms with Gasteiger partial charge in [0, 0.05) is 23.9 Å². The largest absolute Gasteiger partial charge is 0.493 e. The lowest BCUT2D eigenvalue weighted by Crippen LogP contribution is -2.47. The first-order valence-electron chi connectivity index (χ1n) is 9.99. The monoisotopic (exact) mass is 443 g/mol. The van der Waals surface area contributed by atoms with Crippen LogP contribution >= 0.6 is 0 Å². The highest BCUT2D eigenvalue weighted by Gasteiger charge is 2.26. The minimum absolute atomic E-state index is 0.181. The molecule has 0 bridgehead atoms. The predicted molar refractivity (Wildman–Crippen MR) is 122 cm³/mol. The van der Waals surface area contributed by atoms with Crippen LogP contribution in [0.5, 0.6) is 17.2 Å². The van der Waals surface area contributed by atoms with E-state index in [4.69, 9.17) is 14.2 Å². The molecule has 3 N–H and O–H groups in total. The number of benzene rings is 2. The summed E-state index contributed by atoms with van der Waals surface area (Å²) in [4.78, 5) is 36.9. The van der Waals surface area contributed by atoms with Crippen LogP contribution in [0, 0.1) is 5.92 Å². The molecule has 0 aromatic heterocycles. The summed E-state index contributed by atoms with van der Waals surface area (Å²) in [7, 11) is 4.39. The van der Waals surface area contributed by atoms with Crippen LogP contribution in [-0.2, 0) is 9.59 Å². The van der Waals surface area contributed by atoms with Crippen LogP contribution in [0.4, 0.5) is 11.4 Å². The zero-order valence-electron chi connectivity index (χ0n) is 19.1. The lowest BCUT2D eigenvalue weighted by Gasteiger charge is -2.22. The van der Waals surface area contributed by atoms with Gasteiger partial charge in [-0.1, -0.05) is 13.8 Å². The van der Waals surface area contributed by atoms with E-state index in [-0.39, 0.29) is 23.3 Å². The molecule has 172 valence electrons. The average Bonchev–Trinajstić information content (AvgIpc) is 2.76. The molecule has 0 heterocycles. The fraction of sp³-hybridized carbons (Fsp3) is 0.348. The molecular weight excluding hydrogens is 414 g/mol. The maximum Gasteiger partial charge on any atom is 0.252 e. The molecule has 32 heavy (non-hydrogen) atoms. The van der Waals surface area contributed by atoms with Crippen LogP contribution in [0.15, 0.2) is 36.4 Å². The molecule has 0 saturated carbocycles. The van der Waals surface area contributed by atoms with E-state index in [0.29, 0.717) is 28.6 Å². The highest BCUT2D eigenvalue weighted by Crippen LogP contribution is 2.38.